The van der Waals surface area contributed by atoms with E-state index in [9.17, 15) is 8.42 Å². The molecule has 1 aromatic heterocycles. The lowest BCUT2D eigenvalue weighted by molar-refractivity contribution is 0.600. The monoisotopic (exact) mass is 422 g/mol. The minimum absolute atomic E-state index is 0.000414. The number of hydrogen-bond acceptors (Lipinski definition) is 4. The Kier molecular flexibility index (Phi) is 4.12. The van der Waals surface area contributed by atoms with Crippen molar-refractivity contribution in [2.45, 2.75) is 11.8 Å². The van der Waals surface area contributed by atoms with Crippen molar-refractivity contribution in [1.29, 1.82) is 0 Å². The van der Waals surface area contributed by atoms with Crippen LogP contribution in [0, 0.1) is 6.92 Å². The zero-order chi connectivity index (χ0) is 15.1. The summed E-state index contributed by atoms with van der Waals surface area (Å²) >= 11 is 6.48. The Morgan fingerprint density at radius 1 is 1.30 bits per heavy atom. The van der Waals surface area contributed by atoms with E-state index in [0.717, 1.165) is 0 Å². The molecular formula is C11H12Br2N4O2S. The molecule has 0 unspecified atom stereocenters. The van der Waals surface area contributed by atoms with E-state index in [4.69, 9.17) is 5.73 Å². The Bertz CT molecular complexity index is 748. The third kappa shape index (κ3) is 2.99. The summed E-state index contributed by atoms with van der Waals surface area (Å²) in [4.78, 5) is -0.000414. The van der Waals surface area contributed by atoms with Crippen LogP contribution in [-0.2, 0) is 17.1 Å². The van der Waals surface area contributed by atoms with Gasteiger partial charge in [0.1, 0.15) is 10.7 Å². The number of nitrogen functional groups attached to an aromatic ring is 1. The van der Waals surface area contributed by atoms with Crippen LogP contribution in [0.2, 0.25) is 0 Å². The molecule has 2 aromatic rings. The van der Waals surface area contributed by atoms with E-state index in [2.05, 4.69) is 41.7 Å². The lowest BCUT2D eigenvalue weighted by Gasteiger charge is -2.12. The Labute approximate surface area is 133 Å². The van der Waals surface area contributed by atoms with Gasteiger partial charge in [-0.15, -0.1) is 0 Å². The van der Waals surface area contributed by atoms with Gasteiger partial charge in [0.25, 0.3) is 10.0 Å². The van der Waals surface area contributed by atoms with Crippen molar-refractivity contribution in [3.05, 3.63) is 32.8 Å². The number of rotatable bonds is 3. The maximum atomic E-state index is 12.4. The summed E-state index contributed by atoms with van der Waals surface area (Å²) in [6, 6.07) is 4.80. The Morgan fingerprint density at radius 2 is 1.95 bits per heavy atom. The number of nitrogens with zero attached hydrogens (tertiary/aromatic N) is 2. The van der Waals surface area contributed by atoms with E-state index in [-0.39, 0.29) is 10.6 Å². The van der Waals surface area contributed by atoms with Crippen LogP contribution in [0.3, 0.4) is 0 Å². The van der Waals surface area contributed by atoms with Crippen molar-refractivity contribution < 1.29 is 8.42 Å². The van der Waals surface area contributed by atoms with Crippen molar-refractivity contribution in [2.24, 2.45) is 7.05 Å². The van der Waals surface area contributed by atoms with E-state index >= 15 is 0 Å². The molecule has 0 radical (unpaired) electrons. The quantitative estimate of drug-likeness (QED) is 0.742. The highest BCUT2D eigenvalue weighted by Crippen LogP contribution is 2.32. The predicted molar refractivity (Wildman–Crippen MR) is 85.0 cm³/mol. The summed E-state index contributed by atoms with van der Waals surface area (Å²) in [6.45, 7) is 1.78. The van der Waals surface area contributed by atoms with Crippen LogP contribution >= 0.6 is 31.9 Å². The van der Waals surface area contributed by atoms with E-state index < -0.39 is 10.0 Å². The molecule has 0 aliphatic heterocycles. The lowest BCUT2D eigenvalue weighted by atomic mass is 10.3. The number of hydrogen-bond donors (Lipinski definition) is 2. The van der Waals surface area contributed by atoms with Crippen LogP contribution in [0.1, 0.15) is 5.69 Å². The first-order chi connectivity index (χ1) is 9.20. The van der Waals surface area contributed by atoms with Crippen molar-refractivity contribution in [1.82, 2.24) is 9.78 Å². The number of aromatic nitrogens is 2. The van der Waals surface area contributed by atoms with Crippen LogP contribution in [0.25, 0.3) is 0 Å². The molecule has 108 valence electrons. The highest BCUT2D eigenvalue weighted by molar-refractivity contribution is 9.11. The largest absolute Gasteiger partial charge is 0.398 e. The van der Waals surface area contributed by atoms with E-state index in [1.165, 1.54) is 10.7 Å². The predicted octanol–water partition coefficient (Wildman–Crippen LogP) is 2.64. The number of nitrogens with one attached hydrogen (secondary N) is 1. The number of aryl methyl sites for hydroxylation is 2. The minimum atomic E-state index is -3.80. The van der Waals surface area contributed by atoms with Gasteiger partial charge < -0.3 is 5.73 Å². The first-order valence-corrected chi connectivity index (χ1v) is 8.55. The van der Waals surface area contributed by atoms with Crippen molar-refractivity contribution in [3.63, 3.8) is 0 Å². The molecule has 1 heterocycles. The maximum absolute atomic E-state index is 12.4. The summed E-state index contributed by atoms with van der Waals surface area (Å²) in [7, 11) is -2.15. The topological polar surface area (TPSA) is 90.0 Å². The van der Waals surface area contributed by atoms with E-state index in [1.54, 1.807) is 26.1 Å². The fourth-order valence-electron chi connectivity index (χ4n) is 1.76. The number of nitrogens with two attached hydrogens (primary N) is 1. The Morgan fingerprint density at radius 3 is 2.45 bits per heavy atom. The van der Waals surface area contributed by atoms with Gasteiger partial charge in [0, 0.05) is 22.1 Å². The van der Waals surface area contributed by atoms with Gasteiger partial charge in [-0.25, -0.2) is 8.42 Å². The van der Waals surface area contributed by atoms with E-state index in [0.29, 0.717) is 20.5 Å². The summed E-state index contributed by atoms with van der Waals surface area (Å²) in [6.07, 6.45) is 0. The van der Waals surface area contributed by atoms with Gasteiger partial charge in [-0.2, -0.15) is 5.10 Å². The zero-order valence-corrected chi connectivity index (χ0v) is 14.7. The Balaban J connectivity index is 2.49. The molecule has 0 fully saturated rings. The second-order valence-electron chi connectivity index (χ2n) is 4.21. The first-order valence-electron chi connectivity index (χ1n) is 5.48. The van der Waals surface area contributed by atoms with Gasteiger partial charge in [0.2, 0.25) is 0 Å². The highest BCUT2D eigenvalue weighted by Gasteiger charge is 2.23. The van der Waals surface area contributed by atoms with E-state index in [1.807, 2.05) is 0 Å². The third-order valence-electron chi connectivity index (χ3n) is 2.55. The van der Waals surface area contributed by atoms with Crippen molar-refractivity contribution >= 4 is 53.4 Å². The van der Waals surface area contributed by atoms with Gasteiger partial charge in [-0.1, -0.05) is 15.9 Å². The molecule has 0 aliphatic carbocycles. The van der Waals surface area contributed by atoms with Crippen LogP contribution in [0.5, 0.6) is 0 Å². The second-order valence-corrected chi connectivity index (χ2v) is 7.60. The molecule has 0 bridgehead atoms. The number of anilines is 2. The summed E-state index contributed by atoms with van der Waals surface area (Å²) in [5.41, 5.74) is 6.67. The number of sulfonamides is 1. The molecule has 1 aromatic carbocycles. The van der Waals surface area contributed by atoms with Crippen molar-refractivity contribution in [2.75, 3.05) is 10.5 Å². The lowest BCUT2D eigenvalue weighted by Crippen LogP contribution is -2.17. The fraction of sp³-hybridized carbons (Fsp3) is 0.182. The normalized spacial score (nSPS) is 11.6. The highest BCUT2D eigenvalue weighted by atomic mass is 79.9. The maximum Gasteiger partial charge on any atom is 0.266 e. The summed E-state index contributed by atoms with van der Waals surface area (Å²) < 4.78 is 29.9. The third-order valence-corrected chi connectivity index (χ3v) is 5.36. The molecular weight excluding hydrogens is 412 g/mol. The van der Waals surface area contributed by atoms with Crippen LogP contribution in [0.15, 0.2) is 32.0 Å². The zero-order valence-electron chi connectivity index (χ0n) is 10.7. The molecule has 0 saturated heterocycles. The average Bonchev–Trinajstić information content (AvgIpc) is 2.53. The summed E-state index contributed by atoms with van der Waals surface area (Å²) in [5, 5.41) is 4.09. The van der Waals surface area contributed by atoms with Crippen LogP contribution < -0.4 is 10.5 Å². The molecule has 3 N–H and O–H groups in total. The standard InChI is InChI=1S/C11H12Br2N4O2S/c1-6-3-10(17(2)15-6)16-20(18,19)11-8(13)4-7(12)5-9(11)14/h3-5,16H,14H2,1-2H3. The average molecular weight is 424 g/mol. The first kappa shape index (κ1) is 15.3. The SMILES string of the molecule is Cc1cc(NS(=O)(=O)c2c(N)cc(Br)cc2Br)n(C)n1. The molecule has 0 aliphatic rings. The molecule has 0 amide bonds. The number of halogens is 2. The second kappa shape index (κ2) is 5.38. The molecule has 0 atom stereocenters. The summed E-state index contributed by atoms with van der Waals surface area (Å²) in [5.74, 6) is 0.372. The van der Waals surface area contributed by atoms with Gasteiger partial charge in [-0.3, -0.25) is 9.40 Å². The molecule has 9 heteroatoms. The smallest absolute Gasteiger partial charge is 0.266 e. The van der Waals surface area contributed by atoms with Gasteiger partial charge in [0.15, 0.2) is 0 Å². The molecule has 0 spiro atoms. The van der Waals surface area contributed by atoms with Gasteiger partial charge in [-0.05, 0) is 35.0 Å². The molecule has 0 saturated carbocycles. The van der Waals surface area contributed by atoms with Gasteiger partial charge in [0.05, 0.1) is 11.4 Å². The molecule has 6 nitrogen and oxygen atoms in total. The van der Waals surface area contributed by atoms with Gasteiger partial charge >= 0.3 is 0 Å². The fourth-order valence-corrected chi connectivity index (χ4v) is 4.91. The number of benzene rings is 1. The minimum Gasteiger partial charge on any atom is -0.398 e. The van der Waals surface area contributed by atoms with Crippen LogP contribution in [0.4, 0.5) is 11.5 Å². The molecule has 20 heavy (non-hydrogen) atoms. The van der Waals surface area contributed by atoms with Crippen molar-refractivity contribution in [3.8, 4) is 0 Å². The van der Waals surface area contributed by atoms with Crippen LogP contribution in [-0.4, -0.2) is 18.2 Å². The molecule has 2 rings (SSSR count). The Hall–Kier alpha value is -1.06.